The van der Waals surface area contributed by atoms with Crippen molar-refractivity contribution in [3.8, 4) is 0 Å². The first kappa shape index (κ1) is 17.9. The monoisotopic (exact) mass is 335 g/mol. The molecule has 126 valence electrons. The van der Waals surface area contributed by atoms with Gasteiger partial charge in [-0.3, -0.25) is 4.79 Å². The quantitative estimate of drug-likeness (QED) is 0.747. The Bertz CT molecular complexity index is 541. The highest BCUT2D eigenvalue weighted by Gasteiger charge is 2.21. The smallest absolute Gasteiger partial charge is 0.337 e. The fourth-order valence-electron chi connectivity index (χ4n) is 2.94. The van der Waals surface area contributed by atoms with E-state index in [1.54, 1.807) is 17.8 Å². The van der Waals surface area contributed by atoms with Gasteiger partial charge in [0, 0.05) is 18.8 Å². The molecule has 0 saturated heterocycles. The van der Waals surface area contributed by atoms with Crippen LogP contribution in [0.3, 0.4) is 0 Å². The number of rotatable bonds is 6. The molecule has 1 amide bonds. The number of esters is 1. The maximum absolute atomic E-state index is 12.3. The summed E-state index contributed by atoms with van der Waals surface area (Å²) >= 11 is 1.59. The zero-order valence-electron chi connectivity index (χ0n) is 13.9. The van der Waals surface area contributed by atoms with Crippen LogP contribution in [-0.2, 0) is 15.3 Å². The van der Waals surface area contributed by atoms with Crippen LogP contribution < -0.4 is 0 Å². The van der Waals surface area contributed by atoms with Gasteiger partial charge >= 0.3 is 5.97 Å². The number of methoxy groups -OCH3 is 1. The van der Waals surface area contributed by atoms with Gasteiger partial charge in [0.1, 0.15) is 0 Å². The molecule has 1 fully saturated rings. The molecule has 0 heterocycles. The van der Waals surface area contributed by atoms with Crippen LogP contribution in [0.25, 0.3) is 0 Å². The molecule has 5 heteroatoms. The van der Waals surface area contributed by atoms with Gasteiger partial charge in [-0.2, -0.15) is 0 Å². The summed E-state index contributed by atoms with van der Waals surface area (Å²) < 4.78 is 4.73. The number of benzene rings is 1. The van der Waals surface area contributed by atoms with Gasteiger partial charge < -0.3 is 9.64 Å². The largest absolute Gasteiger partial charge is 0.465 e. The van der Waals surface area contributed by atoms with Crippen LogP contribution in [0.1, 0.15) is 48.0 Å². The van der Waals surface area contributed by atoms with E-state index in [2.05, 4.69) is 0 Å². The SMILES string of the molecule is COC(=O)c1cccc(CSCC(=O)N(C)C2CCCCC2)c1. The molecule has 4 nitrogen and oxygen atoms in total. The molecule has 0 radical (unpaired) electrons. The standard InChI is InChI=1S/C18H25NO3S/c1-19(16-9-4-3-5-10-16)17(20)13-23-12-14-7-6-8-15(11-14)18(21)22-2/h6-8,11,16H,3-5,9-10,12-13H2,1-2H3. The lowest BCUT2D eigenvalue weighted by molar-refractivity contribution is -0.129. The number of carbonyl (C=O) groups is 2. The van der Waals surface area contributed by atoms with Crippen molar-refractivity contribution in [2.75, 3.05) is 19.9 Å². The fourth-order valence-corrected chi connectivity index (χ4v) is 3.83. The van der Waals surface area contributed by atoms with E-state index in [1.807, 2.05) is 30.1 Å². The highest BCUT2D eigenvalue weighted by molar-refractivity contribution is 7.99. The number of nitrogens with zero attached hydrogens (tertiary/aromatic N) is 1. The lowest BCUT2D eigenvalue weighted by atomic mass is 9.94. The van der Waals surface area contributed by atoms with Crippen LogP contribution >= 0.6 is 11.8 Å². The molecule has 1 aliphatic carbocycles. The van der Waals surface area contributed by atoms with Gasteiger partial charge in [0.15, 0.2) is 0 Å². The first-order chi connectivity index (χ1) is 11.1. The predicted octanol–water partition coefficient (Wildman–Crippen LogP) is 3.50. The second-order valence-corrected chi connectivity index (χ2v) is 6.97. The van der Waals surface area contributed by atoms with Crippen molar-refractivity contribution in [3.05, 3.63) is 35.4 Å². The number of carbonyl (C=O) groups excluding carboxylic acids is 2. The summed E-state index contributed by atoms with van der Waals surface area (Å²) in [5.41, 5.74) is 1.59. The first-order valence-corrected chi connectivity index (χ1v) is 9.28. The van der Waals surface area contributed by atoms with E-state index in [-0.39, 0.29) is 11.9 Å². The van der Waals surface area contributed by atoms with Crippen LogP contribution in [-0.4, -0.2) is 42.7 Å². The van der Waals surface area contributed by atoms with Gasteiger partial charge in [0.05, 0.1) is 18.4 Å². The minimum atomic E-state index is -0.329. The van der Waals surface area contributed by atoms with E-state index in [0.29, 0.717) is 17.4 Å². The molecule has 0 aliphatic heterocycles. The number of ether oxygens (including phenoxy) is 1. The molecule has 0 N–H and O–H groups in total. The third kappa shape index (κ3) is 5.27. The topological polar surface area (TPSA) is 46.6 Å². The Morgan fingerprint density at radius 1 is 1.26 bits per heavy atom. The van der Waals surface area contributed by atoms with E-state index in [1.165, 1.54) is 26.4 Å². The lowest BCUT2D eigenvalue weighted by Crippen LogP contribution is -2.39. The highest BCUT2D eigenvalue weighted by Crippen LogP contribution is 2.22. The Morgan fingerprint density at radius 2 is 2.00 bits per heavy atom. The van der Waals surface area contributed by atoms with Gasteiger partial charge in [0.25, 0.3) is 0 Å². The molecule has 0 aromatic heterocycles. The normalized spacial score (nSPS) is 15.2. The van der Waals surface area contributed by atoms with Crippen LogP contribution in [0.5, 0.6) is 0 Å². The third-order valence-corrected chi connectivity index (χ3v) is 5.35. The molecular weight excluding hydrogens is 310 g/mol. The molecule has 1 aromatic carbocycles. The Hall–Kier alpha value is -1.49. The summed E-state index contributed by atoms with van der Waals surface area (Å²) in [4.78, 5) is 25.7. The van der Waals surface area contributed by atoms with Gasteiger partial charge in [-0.05, 0) is 30.5 Å². The number of amides is 1. The zero-order chi connectivity index (χ0) is 16.7. The Morgan fingerprint density at radius 3 is 2.70 bits per heavy atom. The first-order valence-electron chi connectivity index (χ1n) is 8.12. The van der Waals surface area contributed by atoms with Gasteiger partial charge in [-0.15, -0.1) is 11.8 Å². The molecule has 0 spiro atoms. The molecular formula is C18H25NO3S. The van der Waals surface area contributed by atoms with Crippen LogP contribution in [0.15, 0.2) is 24.3 Å². The van der Waals surface area contributed by atoms with E-state index in [9.17, 15) is 9.59 Å². The van der Waals surface area contributed by atoms with Crippen molar-refractivity contribution in [3.63, 3.8) is 0 Å². The van der Waals surface area contributed by atoms with Crippen LogP contribution in [0.2, 0.25) is 0 Å². The zero-order valence-corrected chi connectivity index (χ0v) is 14.7. The van der Waals surface area contributed by atoms with Crippen molar-refractivity contribution in [2.24, 2.45) is 0 Å². The summed E-state index contributed by atoms with van der Waals surface area (Å²) in [6, 6.07) is 7.79. The van der Waals surface area contributed by atoms with E-state index >= 15 is 0 Å². The molecule has 23 heavy (non-hydrogen) atoms. The summed E-state index contributed by atoms with van der Waals surface area (Å²) in [6.45, 7) is 0. The molecule has 1 aliphatic rings. The third-order valence-electron chi connectivity index (χ3n) is 4.36. The minimum Gasteiger partial charge on any atom is -0.465 e. The number of hydrogen-bond donors (Lipinski definition) is 0. The van der Waals surface area contributed by atoms with Gasteiger partial charge in [0.2, 0.25) is 5.91 Å². The van der Waals surface area contributed by atoms with Crippen LogP contribution in [0, 0.1) is 0 Å². The minimum absolute atomic E-state index is 0.200. The number of thioether (sulfide) groups is 1. The average molecular weight is 335 g/mol. The predicted molar refractivity (Wildman–Crippen MR) is 93.6 cm³/mol. The lowest BCUT2D eigenvalue weighted by Gasteiger charge is -2.31. The summed E-state index contributed by atoms with van der Waals surface area (Å²) in [6.07, 6.45) is 6.03. The molecule has 0 bridgehead atoms. The molecule has 0 unspecified atom stereocenters. The Kier molecular flexibility index (Phi) is 6.96. The van der Waals surface area contributed by atoms with Crippen molar-refractivity contribution in [1.82, 2.24) is 4.90 Å². The maximum atomic E-state index is 12.3. The molecule has 0 atom stereocenters. The van der Waals surface area contributed by atoms with Crippen molar-refractivity contribution in [2.45, 2.75) is 43.9 Å². The number of hydrogen-bond acceptors (Lipinski definition) is 4. The Balaban J connectivity index is 1.80. The van der Waals surface area contributed by atoms with Crippen molar-refractivity contribution < 1.29 is 14.3 Å². The van der Waals surface area contributed by atoms with Crippen molar-refractivity contribution in [1.29, 1.82) is 0 Å². The van der Waals surface area contributed by atoms with E-state index in [4.69, 9.17) is 4.74 Å². The van der Waals surface area contributed by atoms with E-state index < -0.39 is 0 Å². The Labute approximate surface area is 142 Å². The molecule has 1 aromatic rings. The molecule has 2 rings (SSSR count). The van der Waals surface area contributed by atoms with Crippen molar-refractivity contribution >= 4 is 23.6 Å². The van der Waals surface area contributed by atoms with Gasteiger partial charge in [-0.1, -0.05) is 31.4 Å². The second-order valence-electron chi connectivity index (χ2n) is 5.98. The maximum Gasteiger partial charge on any atom is 0.337 e. The van der Waals surface area contributed by atoms with E-state index in [0.717, 1.165) is 24.2 Å². The molecule has 1 saturated carbocycles. The highest BCUT2D eigenvalue weighted by atomic mass is 32.2. The summed E-state index contributed by atoms with van der Waals surface area (Å²) in [5, 5.41) is 0. The fraction of sp³-hybridized carbons (Fsp3) is 0.556. The summed E-state index contributed by atoms with van der Waals surface area (Å²) in [5.74, 6) is 1.07. The van der Waals surface area contributed by atoms with Crippen LogP contribution in [0.4, 0.5) is 0 Å². The second kappa shape index (κ2) is 8.96. The summed E-state index contributed by atoms with van der Waals surface area (Å²) in [7, 11) is 3.31. The van der Waals surface area contributed by atoms with Gasteiger partial charge in [-0.25, -0.2) is 4.79 Å². The average Bonchev–Trinajstić information content (AvgIpc) is 2.61.